The predicted octanol–water partition coefficient (Wildman–Crippen LogP) is 19.5. The molecule has 0 aromatic rings. The Morgan fingerprint density at radius 1 is 0.374 bits per heavy atom. The molecular formula is C85H157NO13. The Labute approximate surface area is 606 Å². The van der Waals surface area contributed by atoms with Gasteiger partial charge in [0.2, 0.25) is 5.91 Å². The highest BCUT2D eigenvalue weighted by atomic mass is 16.7. The van der Waals surface area contributed by atoms with E-state index in [4.69, 9.17) is 18.9 Å². The van der Waals surface area contributed by atoms with Gasteiger partial charge in [-0.2, -0.15) is 0 Å². The molecule has 2 fully saturated rings. The van der Waals surface area contributed by atoms with Crippen LogP contribution in [0.25, 0.3) is 0 Å². The van der Waals surface area contributed by atoms with E-state index < -0.39 is 86.8 Å². The van der Waals surface area contributed by atoms with Gasteiger partial charge in [0.05, 0.1) is 32.0 Å². The number of carbonyl (C=O) groups excluding carboxylic acids is 1. The highest BCUT2D eigenvalue weighted by Crippen LogP contribution is 2.30. The van der Waals surface area contributed by atoms with Crippen molar-refractivity contribution in [3.63, 3.8) is 0 Å². The minimum Gasteiger partial charge on any atom is -0.394 e. The molecule has 1 amide bonds. The third-order valence-electron chi connectivity index (χ3n) is 20.5. The van der Waals surface area contributed by atoms with Crippen molar-refractivity contribution in [2.45, 2.75) is 453 Å². The number of aliphatic hydroxyl groups is 8. The summed E-state index contributed by atoms with van der Waals surface area (Å²) in [5.74, 6) is -0.231. The lowest BCUT2D eigenvalue weighted by Gasteiger charge is -2.46. The highest BCUT2D eigenvalue weighted by molar-refractivity contribution is 5.76. The molecule has 0 bridgehead atoms. The van der Waals surface area contributed by atoms with Crippen LogP contribution in [0.5, 0.6) is 0 Å². The van der Waals surface area contributed by atoms with E-state index in [9.17, 15) is 45.6 Å². The minimum atomic E-state index is -1.79. The van der Waals surface area contributed by atoms with E-state index in [0.717, 1.165) is 64.2 Å². The maximum Gasteiger partial charge on any atom is 0.220 e. The molecule has 9 N–H and O–H groups in total. The molecular weight excluding hydrogens is 1240 g/mol. The van der Waals surface area contributed by atoms with Crippen molar-refractivity contribution >= 4 is 5.91 Å². The first-order valence-electron chi connectivity index (χ1n) is 42.0. The van der Waals surface area contributed by atoms with Crippen molar-refractivity contribution in [3.8, 4) is 0 Å². The van der Waals surface area contributed by atoms with E-state index in [1.807, 2.05) is 6.08 Å². The molecule has 2 heterocycles. The predicted molar refractivity (Wildman–Crippen MR) is 411 cm³/mol. The highest BCUT2D eigenvalue weighted by Gasteiger charge is 2.51. The Bertz CT molecular complexity index is 1900. The maximum atomic E-state index is 13.4. The van der Waals surface area contributed by atoms with Gasteiger partial charge in [-0.05, 0) is 57.8 Å². The summed E-state index contributed by atoms with van der Waals surface area (Å²) in [7, 11) is 0. The lowest BCUT2D eigenvalue weighted by Crippen LogP contribution is -2.65. The quantitative estimate of drug-likeness (QED) is 0.0204. The maximum absolute atomic E-state index is 13.4. The smallest absolute Gasteiger partial charge is 0.220 e. The second-order valence-electron chi connectivity index (χ2n) is 29.6. The summed E-state index contributed by atoms with van der Waals surface area (Å²) in [6.45, 7) is 2.75. The lowest BCUT2D eigenvalue weighted by molar-refractivity contribution is -0.359. The van der Waals surface area contributed by atoms with Gasteiger partial charge in [-0.25, -0.2) is 0 Å². The van der Waals surface area contributed by atoms with Crippen molar-refractivity contribution in [1.82, 2.24) is 5.32 Å². The average molecular weight is 1400 g/mol. The Balaban J connectivity index is 1.58. The van der Waals surface area contributed by atoms with Gasteiger partial charge >= 0.3 is 0 Å². The first kappa shape index (κ1) is 92.8. The van der Waals surface area contributed by atoms with Crippen LogP contribution in [0.15, 0.2) is 60.8 Å². The summed E-state index contributed by atoms with van der Waals surface area (Å²) in [6, 6.07) is -0.916. The molecule has 0 aromatic carbocycles. The third-order valence-corrected chi connectivity index (χ3v) is 20.5. The summed E-state index contributed by atoms with van der Waals surface area (Å²) in [4.78, 5) is 13.4. The first-order valence-corrected chi connectivity index (χ1v) is 42.0. The molecule has 2 aliphatic rings. The number of amides is 1. The number of carbonyl (C=O) groups is 1. The minimum absolute atomic E-state index is 0.231. The molecule has 580 valence electrons. The summed E-state index contributed by atoms with van der Waals surface area (Å²) in [5, 5.41) is 87.8. The Kier molecular flexibility index (Phi) is 64.5. The van der Waals surface area contributed by atoms with Crippen LogP contribution in [-0.4, -0.2) is 140 Å². The molecule has 12 unspecified atom stereocenters. The number of rotatable bonds is 71. The zero-order chi connectivity index (χ0) is 71.5. The zero-order valence-corrected chi connectivity index (χ0v) is 63.7. The van der Waals surface area contributed by atoms with Gasteiger partial charge in [0.25, 0.3) is 0 Å². The van der Waals surface area contributed by atoms with Crippen LogP contribution in [0, 0.1) is 0 Å². The van der Waals surface area contributed by atoms with Gasteiger partial charge < -0.3 is 65.1 Å². The Morgan fingerprint density at radius 3 is 1.07 bits per heavy atom. The lowest BCUT2D eigenvalue weighted by atomic mass is 9.97. The van der Waals surface area contributed by atoms with Gasteiger partial charge in [0.15, 0.2) is 12.6 Å². The average Bonchev–Trinajstić information content (AvgIpc) is 0.793. The van der Waals surface area contributed by atoms with E-state index in [0.29, 0.717) is 6.42 Å². The van der Waals surface area contributed by atoms with E-state index in [1.165, 1.54) is 289 Å². The monoisotopic (exact) mass is 1400 g/mol. The van der Waals surface area contributed by atoms with Crippen LogP contribution in [0.4, 0.5) is 0 Å². The first-order chi connectivity index (χ1) is 48.6. The van der Waals surface area contributed by atoms with Gasteiger partial charge in [-0.15, -0.1) is 0 Å². The van der Waals surface area contributed by atoms with Crippen molar-refractivity contribution in [1.29, 1.82) is 0 Å². The summed E-state index contributed by atoms with van der Waals surface area (Å²) >= 11 is 0. The fourth-order valence-corrected chi connectivity index (χ4v) is 13.9. The van der Waals surface area contributed by atoms with Crippen LogP contribution in [0.2, 0.25) is 0 Å². The molecule has 14 nitrogen and oxygen atoms in total. The van der Waals surface area contributed by atoms with Crippen LogP contribution >= 0.6 is 0 Å². The van der Waals surface area contributed by atoms with Crippen molar-refractivity contribution < 1.29 is 64.6 Å². The topological polar surface area (TPSA) is 228 Å². The van der Waals surface area contributed by atoms with E-state index in [-0.39, 0.29) is 18.9 Å². The van der Waals surface area contributed by atoms with Crippen LogP contribution in [-0.2, 0) is 23.7 Å². The third kappa shape index (κ3) is 51.5. The number of allylic oxidation sites excluding steroid dienone is 9. The van der Waals surface area contributed by atoms with E-state index in [1.54, 1.807) is 6.08 Å². The molecule has 99 heavy (non-hydrogen) atoms. The molecule has 12 atom stereocenters. The molecule has 0 spiro atoms. The van der Waals surface area contributed by atoms with Crippen molar-refractivity contribution in [2.75, 3.05) is 19.8 Å². The second kappa shape index (κ2) is 68.8. The largest absolute Gasteiger partial charge is 0.394 e. The Hall–Kier alpha value is -2.31. The number of hydrogen-bond donors (Lipinski definition) is 9. The van der Waals surface area contributed by atoms with Gasteiger partial charge in [0.1, 0.15) is 48.8 Å². The number of hydrogen-bond acceptors (Lipinski definition) is 13. The van der Waals surface area contributed by atoms with E-state index >= 15 is 0 Å². The molecule has 0 aliphatic carbocycles. The number of unbranched alkanes of at least 4 members (excludes halogenated alkanes) is 50. The van der Waals surface area contributed by atoms with E-state index in [2.05, 4.69) is 67.8 Å². The fourth-order valence-electron chi connectivity index (χ4n) is 13.9. The molecule has 2 aliphatic heterocycles. The molecule has 2 rings (SSSR count). The van der Waals surface area contributed by atoms with Gasteiger partial charge in [0, 0.05) is 6.42 Å². The van der Waals surface area contributed by atoms with Gasteiger partial charge in [-0.3, -0.25) is 4.79 Å². The fraction of sp³-hybridized carbons (Fsp3) is 0.871. The standard InChI is InChI=1S/C85H157NO13/c1-3-5-7-9-11-13-15-17-19-21-23-25-27-29-31-33-34-35-36-37-38-39-40-41-43-45-47-49-51-53-55-57-59-61-63-65-67-69-77(90)86-73(72-96-84-82(95)80(93)83(76(71-88)98-84)99-85-81(94)79(92)78(91)75(70-87)97-85)74(89)68-66-64-62-60-58-56-54-52-50-48-46-44-42-32-30-28-26-24-22-20-18-16-14-12-10-8-6-4-2/h5,7,11,13,17,19,23,25,66,68,73-76,78-85,87-89,91-95H,3-4,6,8-10,12,14-16,18,20-22,24,26-65,67,69-72H2,1-2H3,(H,86,90)/b7-5-,13-11-,19-17-,25-23-,68-66+. The van der Waals surface area contributed by atoms with Crippen molar-refractivity contribution in [2.24, 2.45) is 0 Å². The van der Waals surface area contributed by atoms with Crippen LogP contribution in [0.1, 0.15) is 380 Å². The van der Waals surface area contributed by atoms with Crippen LogP contribution < -0.4 is 5.32 Å². The SMILES string of the molecule is CC/C=C\C/C=C\C/C=C\C/C=C\CCCCCCCCCCCCCCCCCCCCCCCCCCC(=O)NC(COC1OC(CO)C(OC2OC(CO)C(O)C(O)C2O)C(O)C1O)C(O)/C=C/CCCCCCCCCCCCCCCCCCCCCCCCCCCC. The second-order valence-corrected chi connectivity index (χ2v) is 29.6. The summed E-state index contributed by atoms with van der Waals surface area (Å²) in [6.07, 6.45) is 77.4. The molecule has 2 saturated heterocycles. The number of aliphatic hydroxyl groups excluding tert-OH is 8. The molecule has 0 saturated carbocycles. The molecule has 14 heteroatoms. The zero-order valence-electron chi connectivity index (χ0n) is 63.7. The normalized spacial score (nSPS) is 22.2. The Morgan fingerprint density at radius 2 is 0.697 bits per heavy atom. The molecule has 0 aromatic heterocycles. The molecule has 0 radical (unpaired) electrons. The van der Waals surface area contributed by atoms with Crippen LogP contribution in [0.3, 0.4) is 0 Å². The number of ether oxygens (including phenoxy) is 4. The van der Waals surface area contributed by atoms with Gasteiger partial charge in [-0.1, -0.05) is 376 Å². The van der Waals surface area contributed by atoms with Crippen molar-refractivity contribution in [3.05, 3.63) is 60.8 Å². The number of nitrogens with one attached hydrogen (secondary N) is 1. The summed E-state index contributed by atoms with van der Waals surface area (Å²) < 4.78 is 22.9. The summed E-state index contributed by atoms with van der Waals surface area (Å²) in [5.41, 5.74) is 0.